The van der Waals surface area contributed by atoms with Crippen LogP contribution in [0.15, 0.2) is 41.8 Å². The Kier molecular flexibility index (Phi) is 5.93. The fraction of sp³-hybridized carbons (Fsp3) is 0.444. The molecule has 0 aliphatic carbocycles. The SMILES string of the molecule is CC(=O)Nc1ccccc1CSc1nccn1CC1CCCCN1. The third-order valence-electron chi connectivity index (χ3n) is 4.19. The summed E-state index contributed by atoms with van der Waals surface area (Å²) >= 11 is 1.71. The number of para-hydroxylation sites is 1. The number of hydrogen-bond acceptors (Lipinski definition) is 4. The van der Waals surface area contributed by atoms with Crippen molar-refractivity contribution in [3.63, 3.8) is 0 Å². The van der Waals surface area contributed by atoms with Gasteiger partial charge in [0, 0.05) is 43.3 Å². The van der Waals surface area contributed by atoms with Crippen LogP contribution in [-0.4, -0.2) is 28.0 Å². The Morgan fingerprint density at radius 2 is 2.29 bits per heavy atom. The van der Waals surface area contributed by atoms with Crippen LogP contribution in [0.4, 0.5) is 5.69 Å². The van der Waals surface area contributed by atoms with Crippen molar-refractivity contribution in [3.8, 4) is 0 Å². The second-order valence-electron chi connectivity index (χ2n) is 6.14. The Hall–Kier alpha value is -1.79. The van der Waals surface area contributed by atoms with Gasteiger partial charge in [0.2, 0.25) is 5.91 Å². The standard InChI is InChI=1S/C18H24N4OS/c1-14(23)21-17-8-3-2-6-15(17)13-24-18-20-10-11-22(18)12-16-7-4-5-9-19-16/h2-3,6,8,10-11,16,19H,4-5,7,9,12-13H2,1H3,(H,21,23). The summed E-state index contributed by atoms with van der Waals surface area (Å²) < 4.78 is 2.23. The molecule has 0 saturated carbocycles. The Bertz CT molecular complexity index is 679. The van der Waals surface area contributed by atoms with Crippen molar-refractivity contribution in [2.75, 3.05) is 11.9 Å². The molecule has 1 fully saturated rings. The predicted octanol–water partition coefficient (Wildman–Crippen LogP) is 3.28. The lowest BCUT2D eigenvalue weighted by atomic mass is 10.1. The molecule has 2 heterocycles. The van der Waals surface area contributed by atoms with E-state index in [9.17, 15) is 4.79 Å². The average molecular weight is 344 g/mol. The molecule has 0 bridgehead atoms. The first kappa shape index (κ1) is 17.0. The molecule has 2 aromatic rings. The number of aromatic nitrogens is 2. The molecule has 2 N–H and O–H groups in total. The van der Waals surface area contributed by atoms with E-state index in [0.29, 0.717) is 6.04 Å². The van der Waals surface area contributed by atoms with Crippen molar-refractivity contribution in [1.29, 1.82) is 0 Å². The molecule has 1 saturated heterocycles. The van der Waals surface area contributed by atoms with Gasteiger partial charge in [-0.1, -0.05) is 36.4 Å². The third kappa shape index (κ3) is 4.61. The predicted molar refractivity (Wildman–Crippen MR) is 98.2 cm³/mol. The number of anilines is 1. The van der Waals surface area contributed by atoms with E-state index in [-0.39, 0.29) is 5.91 Å². The zero-order valence-corrected chi connectivity index (χ0v) is 14.8. The fourth-order valence-corrected chi connectivity index (χ4v) is 3.96. The number of rotatable bonds is 6. The molecule has 1 atom stereocenters. The lowest BCUT2D eigenvalue weighted by Crippen LogP contribution is -2.37. The van der Waals surface area contributed by atoms with Crippen molar-refractivity contribution in [1.82, 2.24) is 14.9 Å². The summed E-state index contributed by atoms with van der Waals surface area (Å²) in [6, 6.07) is 8.47. The number of carbonyl (C=O) groups is 1. The maximum absolute atomic E-state index is 11.3. The van der Waals surface area contributed by atoms with Crippen LogP contribution < -0.4 is 10.6 Å². The Balaban J connectivity index is 1.63. The second-order valence-corrected chi connectivity index (χ2v) is 7.08. The maximum atomic E-state index is 11.3. The zero-order chi connectivity index (χ0) is 16.8. The van der Waals surface area contributed by atoms with Gasteiger partial charge in [-0.15, -0.1) is 0 Å². The molecule has 0 spiro atoms. The highest BCUT2D eigenvalue weighted by molar-refractivity contribution is 7.98. The van der Waals surface area contributed by atoms with Gasteiger partial charge in [0.1, 0.15) is 0 Å². The van der Waals surface area contributed by atoms with Gasteiger partial charge in [0.15, 0.2) is 5.16 Å². The van der Waals surface area contributed by atoms with E-state index in [4.69, 9.17) is 0 Å². The van der Waals surface area contributed by atoms with E-state index in [2.05, 4.69) is 26.4 Å². The highest BCUT2D eigenvalue weighted by Crippen LogP contribution is 2.26. The summed E-state index contributed by atoms with van der Waals surface area (Å²) in [7, 11) is 0. The first-order chi connectivity index (χ1) is 11.7. The molecule has 5 nitrogen and oxygen atoms in total. The molecule has 1 unspecified atom stereocenters. The number of hydrogen-bond donors (Lipinski definition) is 2. The molecule has 3 rings (SSSR count). The topological polar surface area (TPSA) is 59.0 Å². The van der Waals surface area contributed by atoms with Gasteiger partial charge in [0.05, 0.1) is 0 Å². The van der Waals surface area contributed by atoms with E-state index >= 15 is 0 Å². The van der Waals surface area contributed by atoms with Crippen LogP contribution in [0, 0.1) is 0 Å². The molecule has 1 aromatic heterocycles. The Morgan fingerprint density at radius 1 is 1.42 bits per heavy atom. The molecule has 1 aromatic carbocycles. The number of carbonyl (C=O) groups excluding carboxylic acids is 1. The van der Waals surface area contributed by atoms with Gasteiger partial charge in [-0.3, -0.25) is 4.79 Å². The number of piperidine rings is 1. The van der Waals surface area contributed by atoms with Crippen LogP contribution in [0.5, 0.6) is 0 Å². The minimum atomic E-state index is -0.0441. The normalized spacial score (nSPS) is 17.6. The van der Waals surface area contributed by atoms with Crippen molar-refractivity contribution in [2.24, 2.45) is 0 Å². The van der Waals surface area contributed by atoms with E-state index in [1.807, 2.05) is 30.5 Å². The number of amides is 1. The Labute approximate surface area is 147 Å². The van der Waals surface area contributed by atoms with Crippen molar-refractivity contribution in [3.05, 3.63) is 42.2 Å². The third-order valence-corrected chi connectivity index (χ3v) is 5.25. The fourth-order valence-electron chi connectivity index (χ4n) is 2.99. The van der Waals surface area contributed by atoms with Gasteiger partial charge in [-0.2, -0.15) is 0 Å². The van der Waals surface area contributed by atoms with Crippen LogP contribution in [0.1, 0.15) is 31.7 Å². The molecular formula is C18H24N4OS. The molecule has 6 heteroatoms. The van der Waals surface area contributed by atoms with Crippen molar-refractivity contribution in [2.45, 2.75) is 49.7 Å². The molecule has 1 aliphatic rings. The first-order valence-electron chi connectivity index (χ1n) is 8.45. The van der Waals surface area contributed by atoms with Crippen molar-refractivity contribution < 1.29 is 4.79 Å². The molecule has 24 heavy (non-hydrogen) atoms. The van der Waals surface area contributed by atoms with Gasteiger partial charge >= 0.3 is 0 Å². The van der Waals surface area contributed by atoms with Crippen LogP contribution in [0.2, 0.25) is 0 Å². The molecule has 1 amide bonds. The quantitative estimate of drug-likeness (QED) is 0.790. The number of benzene rings is 1. The number of imidazole rings is 1. The van der Waals surface area contributed by atoms with Gasteiger partial charge in [-0.25, -0.2) is 4.98 Å². The smallest absolute Gasteiger partial charge is 0.221 e. The Morgan fingerprint density at radius 3 is 3.08 bits per heavy atom. The maximum Gasteiger partial charge on any atom is 0.221 e. The average Bonchev–Trinajstić information content (AvgIpc) is 3.01. The summed E-state index contributed by atoms with van der Waals surface area (Å²) in [6.45, 7) is 3.62. The summed E-state index contributed by atoms with van der Waals surface area (Å²) in [6.07, 6.45) is 7.73. The van der Waals surface area contributed by atoms with Gasteiger partial charge in [-0.05, 0) is 31.0 Å². The van der Waals surface area contributed by atoms with Crippen LogP contribution in [-0.2, 0) is 17.1 Å². The summed E-state index contributed by atoms with van der Waals surface area (Å²) in [5.41, 5.74) is 1.99. The lowest BCUT2D eigenvalue weighted by Gasteiger charge is -2.24. The van der Waals surface area contributed by atoms with Crippen molar-refractivity contribution >= 4 is 23.4 Å². The monoisotopic (exact) mass is 344 g/mol. The lowest BCUT2D eigenvalue weighted by molar-refractivity contribution is -0.114. The minimum Gasteiger partial charge on any atom is -0.326 e. The zero-order valence-electron chi connectivity index (χ0n) is 14.0. The molecular weight excluding hydrogens is 320 g/mol. The number of nitrogens with one attached hydrogen (secondary N) is 2. The number of nitrogens with zero attached hydrogens (tertiary/aromatic N) is 2. The summed E-state index contributed by atoms with van der Waals surface area (Å²) in [5, 5.41) is 7.51. The molecule has 1 aliphatic heterocycles. The highest BCUT2D eigenvalue weighted by atomic mass is 32.2. The minimum absolute atomic E-state index is 0.0441. The molecule has 128 valence electrons. The van der Waals surface area contributed by atoms with Crippen LogP contribution >= 0.6 is 11.8 Å². The second kappa shape index (κ2) is 8.35. The number of thioether (sulfide) groups is 1. The van der Waals surface area contributed by atoms with Crippen LogP contribution in [0.25, 0.3) is 0 Å². The van der Waals surface area contributed by atoms with E-state index in [1.54, 1.807) is 11.8 Å². The molecule has 0 radical (unpaired) electrons. The highest BCUT2D eigenvalue weighted by Gasteiger charge is 2.15. The van der Waals surface area contributed by atoms with E-state index < -0.39 is 0 Å². The summed E-state index contributed by atoms with van der Waals surface area (Å²) in [5.74, 6) is 0.739. The first-order valence-corrected chi connectivity index (χ1v) is 9.44. The van der Waals surface area contributed by atoms with E-state index in [0.717, 1.165) is 35.2 Å². The summed E-state index contributed by atoms with van der Waals surface area (Å²) in [4.78, 5) is 15.8. The van der Waals surface area contributed by atoms with Gasteiger partial charge < -0.3 is 15.2 Å². The largest absolute Gasteiger partial charge is 0.326 e. The van der Waals surface area contributed by atoms with Gasteiger partial charge in [0.25, 0.3) is 0 Å². The van der Waals surface area contributed by atoms with E-state index in [1.165, 1.54) is 26.2 Å². The van der Waals surface area contributed by atoms with Crippen LogP contribution in [0.3, 0.4) is 0 Å².